The van der Waals surface area contributed by atoms with Gasteiger partial charge < -0.3 is 0 Å². The number of nitrogens with one attached hydrogen (secondary N) is 1. The summed E-state index contributed by atoms with van der Waals surface area (Å²) in [6.45, 7) is 0. The molecule has 0 saturated carbocycles. The Kier molecular flexibility index (Phi) is 3.74. The zero-order valence-corrected chi connectivity index (χ0v) is 12.2. The highest BCUT2D eigenvalue weighted by atomic mass is 32.2. The second-order valence-corrected chi connectivity index (χ2v) is 6.13. The van der Waals surface area contributed by atoms with Gasteiger partial charge in [-0.25, -0.2) is 21.9 Å². The molecule has 3 rings (SSSR count). The van der Waals surface area contributed by atoms with E-state index in [4.69, 9.17) is 0 Å². The van der Waals surface area contributed by atoms with E-state index in [2.05, 4.69) is 20.2 Å². The maximum absolute atomic E-state index is 13.6. The largest absolute Gasteiger partial charge is 0.280 e. The van der Waals surface area contributed by atoms with Gasteiger partial charge in [0, 0.05) is 5.69 Å². The third-order valence-electron chi connectivity index (χ3n) is 2.92. The van der Waals surface area contributed by atoms with Crippen LogP contribution in [0.5, 0.6) is 0 Å². The highest BCUT2D eigenvalue weighted by Gasteiger charge is 2.20. The summed E-state index contributed by atoms with van der Waals surface area (Å²) in [7, 11) is -4.25. The molecule has 1 aromatic heterocycles. The van der Waals surface area contributed by atoms with Crippen molar-refractivity contribution in [3.05, 3.63) is 60.4 Å². The minimum atomic E-state index is -4.25. The quantitative estimate of drug-likeness (QED) is 0.783. The van der Waals surface area contributed by atoms with Gasteiger partial charge in [0.15, 0.2) is 0 Å². The first kappa shape index (κ1) is 15.0. The molecule has 0 amide bonds. The molecule has 7 nitrogen and oxygen atoms in total. The number of hydrogen-bond donors (Lipinski definition) is 1. The predicted molar refractivity (Wildman–Crippen MR) is 76.3 cm³/mol. The fourth-order valence-corrected chi connectivity index (χ4v) is 3.00. The van der Waals surface area contributed by atoms with Crippen LogP contribution in [-0.2, 0) is 10.0 Å². The van der Waals surface area contributed by atoms with E-state index in [9.17, 15) is 17.2 Å². The summed E-state index contributed by atoms with van der Waals surface area (Å²) < 4.78 is 54.6. The van der Waals surface area contributed by atoms with Crippen molar-refractivity contribution in [1.82, 2.24) is 20.2 Å². The molecule has 10 heteroatoms. The van der Waals surface area contributed by atoms with Crippen molar-refractivity contribution in [3.63, 3.8) is 0 Å². The van der Waals surface area contributed by atoms with Crippen LogP contribution in [0.3, 0.4) is 0 Å². The Labute approximate surface area is 129 Å². The molecular formula is C13H9F2N5O2S. The Hall–Kier alpha value is -2.88. The summed E-state index contributed by atoms with van der Waals surface area (Å²) in [6.07, 6.45) is 1.38. The molecule has 118 valence electrons. The smallest absolute Gasteiger partial charge is 0.264 e. The van der Waals surface area contributed by atoms with Crippen molar-refractivity contribution in [1.29, 1.82) is 0 Å². The van der Waals surface area contributed by atoms with Crippen LogP contribution in [0.1, 0.15) is 0 Å². The molecule has 1 N–H and O–H groups in total. The van der Waals surface area contributed by atoms with E-state index in [0.29, 0.717) is 11.8 Å². The summed E-state index contributed by atoms with van der Waals surface area (Å²) in [5, 5.41) is 10.6. The Morgan fingerprint density at radius 1 is 1.04 bits per heavy atom. The molecule has 2 aromatic carbocycles. The van der Waals surface area contributed by atoms with Crippen LogP contribution in [0.25, 0.3) is 5.69 Å². The maximum atomic E-state index is 13.6. The van der Waals surface area contributed by atoms with Crippen LogP contribution in [0.4, 0.5) is 14.5 Å². The van der Waals surface area contributed by atoms with E-state index in [-0.39, 0.29) is 5.69 Å². The number of sulfonamides is 1. The van der Waals surface area contributed by atoms with Gasteiger partial charge in [0.25, 0.3) is 10.0 Å². The Morgan fingerprint density at radius 2 is 1.78 bits per heavy atom. The highest BCUT2D eigenvalue weighted by Crippen LogP contribution is 2.20. The Morgan fingerprint density at radius 3 is 2.43 bits per heavy atom. The van der Waals surface area contributed by atoms with Gasteiger partial charge >= 0.3 is 0 Å². The maximum Gasteiger partial charge on any atom is 0.264 e. The van der Waals surface area contributed by atoms with Crippen LogP contribution in [-0.4, -0.2) is 28.6 Å². The fourth-order valence-electron chi connectivity index (χ4n) is 1.86. The number of rotatable bonds is 4. The Bertz CT molecular complexity index is 928. The fraction of sp³-hybridized carbons (Fsp3) is 0. The lowest BCUT2D eigenvalue weighted by molar-refractivity contribution is 0.555. The van der Waals surface area contributed by atoms with E-state index in [0.717, 1.165) is 12.1 Å². The number of aromatic nitrogens is 4. The summed E-state index contributed by atoms with van der Waals surface area (Å²) in [4.78, 5) is -0.762. The highest BCUT2D eigenvalue weighted by molar-refractivity contribution is 7.92. The summed E-state index contributed by atoms with van der Waals surface area (Å²) in [5.41, 5.74) is 0.792. The van der Waals surface area contributed by atoms with Crippen molar-refractivity contribution in [2.24, 2.45) is 0 Å². The zero-order chi connectivity index (χ0) is 16.4. The van der Waals surface area contributed by atoms with Gasteiger partial charge in [0.2, 0.25) is 0 Å². The van der Waals surface area contributed by atoms with Crippen LogP contribution >= 0.6 is 0 Å². The minimum Gasteiger partial charge on any atom is -0.280 e. The van der Waals surface area contributed by atoms with Crippen LogP contribution in [0.15, 0.2) is 53.7 Å². The first-order chi connectivity index (χ1) is 11.0. The lowest BCUT2D eigenvalue weighted by Crippen LogP contribution is -2.15. The number of anilines is 1. The lowest BCUT2D eigenvalue weighted by Gasteiger charge is -2.09. The van der Waals surface area contributed by atoms with Crippen molar-refractivity contribution >= 4 is 15.7 Å². The standard InChI is InChI=1S/C13H9F2N5O2S/c14-9-1-6-12(15)13(7-9)23(21,22)17-10-2-4-11(5-3-10)20-8-16-18-19-20/h1-8,17H. The van der Waals surface area contributed by atoms with Crippen molar-refractivity contribution < 1.29 is 17.2 Å². The molecule has 3 aromatic rings. The van der Waals surface area contributed by atoms with Crippen molar-refractivity contribution in [3.8, 4) is 5.69 Å². The van der Waals surface area contributed by atoms with Gasteiger partial charge in [-0.15, -0.1) is 5.10 Å². The molecule has 23 heavy (non-hydrogen) atoms. The molecule has 0 saturated heterocycles. The van der Waals surface area contributed by atoms with E-state index >= 15 is 0 Å². The van der Waals surface area contributed by atoms with Gasteiger partial charge in [0.1, 0.15) is 22.9 Å². The number of halogens is 2. The summed E-state index contributed by atoms with van der Waals surface area (Å²) in [5.74, 6) is -1.88. The molecule has 0 spiro atoms. The van der Waals surface area contributed by atoms with Crippen molar-refractivity contribution in [2.45, 2.75) is 4.90 Å². The number of hydrogen-bond acceptors (Lipinski definition) is 5. The molecule has 1 heterocycles. The molecule has 0 fully saturated rings. The van der Waals surface area contributed by atoms with Crippen LogP contribution in [0.2, 0.25) is 0 Å². The predicted octanol–water partition coefficient (Wildman–Crippen LogP) is 1.74. The van der Waals surface area contributed by atoms with Crippen molar-refractivity contribution in [2.75, 3.05) is 4.72 Å². The van der Waals surface area contributed by atoms with Gasteiger partial charge in [-0.1, -0.05) is 0 Å². The Balaban J connectivity index is 1.87. The number of nitrogens with zero attached hydrogens (tertiary/aromatic N) is 4. The van der Waals surface area contributed by atoms with Gasteiger partial charge in [-0.3, -0.25) is 4.72 Å². The van der Waals surface area contributed by atoms with E-state index in [1.165, 1.54) is 23.1 Å². The third kappa shape index (κ3) is 3.16. The monoisotopic (exact) mass is 337 g/mol. The zero-order valence-electron chi connectivity index (χ0n) is 11.4. The number of tetrazole rings is 1. The normalized spacial score (nSPS) is 11.4. The number of benzene rings is 2. The molecule has 0 unspecified atom stereocenters. The molecular weight excluding hydrogens is 328 g/mol. The minimum absolute atomic E-state index is 0.186. The summed E-state index contributed by atoms with van der Waals surface area (Å²) in [6, 6.07) is 8.25. The van der Waals surface area contributed by atoms with Crippen LogP contribution in [0, 0.1) is 11.6 Å². The topological polar surface area (TPSA) is 89.8 Å². The molecule has 0 aliphatic carbocycles. The molecule has 0 aliphatic heterocycles. The average Bonchev–Trinajstić information content (AvgIpc) is 3.04. The first-order valence-corrected chi connectivity index (χ1v) is 7.75. The molecule has 0 aliphatic rings. The second-order valence-electron chi connectivity index (χ2n) is 4.48. The molecule has 0 bridgehead atoms. The molecule has 0 radical (unpaired) electrons. The second kappa shape index (κ2) is 5.72. The van der Waals surface area contributed by atoms with Gasteiger partial charge in [0.05, 0.1) is 5.69 Å². The lowest BCUT2D eigenvalue weighted by atomic mass is 10.3. The van der Waals surface area contributed by atoms with Crippen LogP contribution < -0.4 is 4.72 Å². The van der Waals surface area contributed by atoms with E-state index in [1.807, 2.05) is 0 Å². The van der Waals surface area contributed by atoms with E-state index in [1.54, 1.807) is 12.1 Å². The third-order valence-corrected chi connectivity index (χ3v) is 4.31. The van der Waals surface area contributed by atoms with E-state index < -0.39 is 26.6 Å². The SMILES string of the molecule is O=S(=O)(Nc1ccc(-n2cnnn2)cc1)c1cc(F)ccc1F. The summed E-state index contributed by atoms with van der Waals surface area (Å²) >= 11 is 0. The molecule has 0 atom stereocenters. The van der Waals surface area contributed by atoms with Gasteiger partial charge in [-0.2, -0.15) is 0 Å². The first-order valence-electron chi connectivity index (χ1n) is 6.27. The average molecular weight is 337 g/mol. The van der Waals surface area contributed by atoms with Gasteiger partial charge in [-0.05, 0) is 52.9 Å².